The van der Waals surface area contributed by atoms with Crippen LogP contribution in [0, 0.1) is 0 Å². The van der Waals surface area contributed by atoms with Crippen molar-refractivity contribution in [2.45, 2.75) is 18.6 Å². The Balaban J connectivity index is 2.96. The SMILES string of the molecule is CC(C)(S)c1ccc(Cl)s1. The molecule has 0 amide bonds. The Bertz CT molecular complexity index is 222. The van der Waals surface area contributed by atoms with Crippen LogP contribution >= 0.6 is 35.6 Å². The van der Waals surface area contributed by atoms with E-state index in [1.54, 1.807) is 11.3 Å². The Kier molecular flexibility index (Phi) is 2.33. The summed E-state index contributed by atoms with van der Waals surface area (Å²) in [5.41, 5.74) is 0. The van der Waals surface area contributed by atoms with Gasteiger partial charge in [0, 0.05) is 9.62 Å². The van der Waals surface area contributed by atoms with Gasteiger partial charge in [0.15, 0.2) is 0 Å². The molecule has 3 heteroatoms. The molecule has 1 aromatic heterocycles. The minimum absolute atomic E-state index is 0.0577. The van der Waals surface area contributed by atoms with Crippen molar-refractivity contribution in [3.8, 4) is 0 Å². The molecule has 0 aromatic carbocycles. The fourth-order valence-electron chi connectivity index (χ4n) is 0.643. The van der Waals surface area contributed by atoms with E-state index in [-0.39, 0.29) is 4.75 Å². The third-order valence-electron chi connectivity index (χ3n) is 1.18. The summed E-state index contributed by atoms with van der Waals surface area (Å²) in [7, 11) is 0. The first-order valence-corrected chi connectivity index (χ1v) is 4.62. The summed E-state index contributed by atoms with van der Waals surface area (Å²) in [6.45, 7) is 4.11. The van der Waals surface area contributed by atoms with Crippen molar-refractivity contribution in [3.63, 3.8) is 0 Å². The zero-order valence-electron chi connectivity index (χ0n) is 5.89. The first-order valence-electron chi connectivity index (χ1n) is 2.98. The zero-order chi connectivity index (χ0) is 7.78. The largest absolute Gasteiger partial charge is 0.167 e. The number of thiol groups is 1. The van der Waals surface area contributed by atoms with Crippen LogP contribution in [0.1, 0.15) is 18.7 Å². The summed E-state index contributed by atoms with van der Waals surface area (Å²) in [6, 6.07) is 3.92. The lowest BCUT2D eigenvalue weighted by Crippen LogP contribution is -2.03. The van der Waals surface area contributed by atoms with E-state index in [1.165, 1.54) is 4.88 Å². The van der Waals surface area contributed by atoms with E-state index >= 15 is 0 Å². The molecule has 10 heavy (non-hydrogen) atoms. The van der Waals surface area contributed by atoms with E-state index < -0.39 is 0 Å². The van der Waals surface area contributed by atoms with Gasteiger partial charge < -0.3 is 0 Å². The minimum atomic E-state index is -0.0577. The quantitative estimate of drug-likeness (QED) is 0.647. The van der Waals surface area contributed by atoms with E-state index in [9.17, 15) is 0 Å². The molecule has 1 aromatic rings. The normalized spacial score (nSPS) is 12.0. The standard InChI is InChI=1S/C7H9ClS2/c1-7(2,9)5-3-4-6(8)10-5/h3-4,9H,1-2H3. The molecule has 0 atom stereocenters. The highest BCUT2D eigenvalue weighted by molar-refractivity contribution is 7.81. The molecule has 0 spiro atoms. The maximum Gasteiger partial charge on any atom is 0.0931 e. The van der Waals surface area contributed by atoms with Crippen LogP contribution in [-0.4, -0.2) is 0 Å². The van der Waals surface area contributed by atoms with E-state index in [0.717, 1.165) is 4.34 Å². The van der Waals surface area contributed by atoms with Gasteiger partial charge in [-0.05, 0) is 26.0 Å². The van der Waals surface area contributed by atoms with Gasteiger partial charge in [-0.15, -0.1) is 11.3 Å². The molecule has 0 bridgehead atoms. The van der Waals surface area contributed by atoms with Gasteiger partial charge in [-0.2, -0.15) is 12.6 Å². The third-order valence-corrected chi connectivity index (χ3v) is 3.12. The van der Waals surface area contributed by atoms with E-state index in [2.05, 4.69) is 26.5 Å². The maximum atomic E-state index is 5.75. The summed E-state index contributed by atoms with van der Waals surface area (Å²) < 4.78 is 0.773. The Morgan fingerprint density at radius 1 is 1.50 bits per heavy atom. The predicted molar refractivity (Wildman–Crippen MR) is 51.3 cm³/mol. The van der Waals surface area contributed by atoms with Gasteiger partial charge in [0.2, 0.25) is 0 Å². The lowest BCUT2D eigenvalue weighted by molar-refractivity contribution is 0.812. The van der Waals surface area contributed by atoms with Gasteiger partial charge in [-0.1, -0.05) is 11.6 Å². The second-order valence-electron chi connectivity index (χ2n) is 2.66. The van der Waals surface area contributed by atoms with Gasteiger partial charge in [0.05, 0.1) is 4.34 Å². The second kappa shape index (κ2) is 2.76. The van der Waals surface area contributed by atoms with Crippen molar-refractivity contribution in [3.05, 3.63) is 21.3 Å². The molecule has 0 aliphatic heterocycles. The topological polar surface area (TPSA) is 0 Å². The van der Waals surface area contributed by atoms with E-state index in [1.807, 2.05) is 12.1 Å². The minimum Gasteiger partial charge on any atom is -0.167 e. The molecule has 0 saturated carbocycles. The van der Waals surface area contributed by atoms with Gasteiger partial charge in [0.1, 0.15) is 0 Å². The maximum absolute atomic E-state index is 5.75. The molecule has 0 unspecified atom stereocenters. The molecule has 0 radical (unpaired) electrons. The summed E-state index contributed by atoms with van der Waals surface area (Å²) in [5, 5.41) is 0. The van der Waals surface area contributed by atoms with E-state index in [4.69, 9.17) is 11.6 Å². The number of hydrogen-bond donors (Lipinski definition) is 1. The summed E-state index contributed by atoms with van der Waals surface area (Å²) in [4.78, 5) is 1.21. The molecule has 0 saturated heterocycles. The molecule has 0 aliphatic carbocycles. The van der Waals surface area contributed by atoms with Gasteiger partial charge in [-0.3, -0.25) is 0 Å². The fourth-order valence-corrected chi connectivity index (χ4v) is 1.90. The van der Waals surface area contributed by atoms with Crippen LogP contribution in [0.15, 0.2) is 12.1 Å². The van der Waals surface area contributed by atoms with Crippen molar-refractivity contribution in [2.75, 3.05) is 0 Å². The van der Waals surface area contributed by atoms with Crippen LogP contribution in [0.5, 0.6) is 0 Å². The first-order chi connectivity index (χ1) is 4.50. The van der Waals surface area contributed by atoms with Crippen LogP contribution in [0.4, 0.5) is 0 Å². The predicted octanol–water partition coefficient (Wildman–Crippen LogP) is 3.57. The fraction of sp³-hybridized carbons (Fsp3) is 0.429. The van der Waals surface area contributed by atoms with Gasteiger partial charge in [0.25, 0.3) is 0 Å². The van der Waals surface area contributed by atoms with Crippen LogP contribution in [-0.2, 0) is 4.75 Å². The number of rotatable bonds is 1. The number of hydrogen-bond acceptors (Lipinski definition) is 2. The Morgan fingerprint density at radius 3 is 2.30 bits per heavy atom. The monoisotopic (exact) mass is 192 g/mol. The lowest BCUT2D eigenvalue weighted by Gasteiger charge is -2.13. The zero-order valence-corrected chi connectivity index (χ0v) is 8.35. The van der Waals surface area contributed by atoms with Crippen molar-refractivity contribution in [2.24, 2.45) is 0 Å². The molecular weight excluding hydrogens is 184 g/mol. The van der Waals surface area contributed by atoms with Crippen molar-refractivity contribution < 1.29 is 0 Å². The second-order valence-corrected chi connectivity index (χ2v) is 5.50. The third kappa shape index (κ3) is 1.91. The number of halogens is 1. The first kappa shape index (κ1) is 8.44. The van der Waals surface area contributed by atoms with E-state index in [0.29, 0.717) is 0 Å². The highest BCUT2D eigenvalue weighted by atomic mass is 35.5. The highest BCUT2D eigenvalue weighted by Crippen LogP contribution is 2.34. The summed E-state index contributed by atoms with van der Waals surface area (Å²) >= 11 is 11.7. The molecular formula is C7H9ClS2. The van der Waals surface area contributed by atoms with Crippen LogP contribution in [0.25, 0.3) is 0 Å². The molecule has 0 nitrogen and oxygen atoms in total. The van der Waals surface area contributed by atoms with Crippen LogP contribution in [0.3, 0.4) is 0 Å². The van der Waals surface area contributed by atoms with Crippen LogP contribution < -0.4 is 0 Å². The lowest BCUT2D eigenvalue weighted by atomic mass is 10.2. The summed E-state index contributed by atoms with van der Waals surface area (Å²) in [6.07, 6.45) is 0. The molecule has 0 fully saturated rings. The Hall–Kier alpha value is 0.340. The molecule has 56 valence electrons. The molecule has 1 rings (SSSR count). The average molecular weight is 193 g/mol. The molecule has 1 heterocycles. The van der Waals surface area contributed by atoms with Crippen molar-refractivity contribution in [1.29, 1.82) is 0 Å². The van der Waals surface area contributed by atoms with Crippen molar-refractivity contribution >= 4 is 35.6 Å². The molecule has 0 aliphatic rings. The Morgan fingerprint density at radius 2 is 2.10 bits per heavy atom. The highest BCUT2D eigenvalue weighted by Gasteiger charge is 2.16. The van der Waals surface area contributed by atoms with Crippen molar-refractivity contribution in [1.82, 2.24) is 0 Å². The average Bonchev–Trinajstić information content (AvgIpc) is 2.11. The Labute approximate surface area is 75.6 Å². The van der Waals surface area contributed by atoms with Crippen LogP contribution in [0.2, 0.25) is 4.34 Å². The summed E-state index contributed by atoms with van der Waals surface area (Å²) in [5.74, 6) is 0. The van der Waals surface area contributed by atoms with Gasteiger partial charge >= 0.3 is 0 Å². The molecule has 0 N–H and O–H groups in total. The smallest absolute Gasteiger partial charge is 0.0931 e. The van der Waals surface area contributed by atoms with Gasteiger partial charge in [-0.25, -0.2) is 0 Å². The number of thiophene rings is 1.